The van der Waals surface area contributed by atoms with Gasteiger partial charge in [-0.25, -0.2) is 4.39 Å². The predicted octanol–water partition coefficient (Wildman–Crippen LogP) is 3.03. The summed E-state index contributed by atoms with van der Waals surface area (Å²) in [4.78, 5) is 2.39. The number of hydrogen-bond donors (Lipinski definition) is 1. The van der Waals surface area contributed by atoms with Crippen molar-refractivity contribution < 1.29 is 4.39 Å². The van der Waals surface area contributed by atoms with E-state index in [0.29, 0.717) is 5.69 Å². The SMILES string of the molecule is CCCN(Cc1cccc(F)c1N)CC1CC1. The lowest BCUT2D eigenvalue weighted by atomic mass is 10.1. The fourth-order valence-corrected chi connectivity index (χ4v) is 2.18. The molecule has 1 aliphatic rings. The van der Waals surface area contributed by atoms with Gasteiger partial charge in [-0.2, -0.15) is 0 Å². The van der Waals surface area contributed by atoms with E-state index in [1.807, 2.05) is 6.07 Å². The summed E-state index contributed by atoms with van der Waals surface area (Å²) in [6.07, 6.45) is 3.82. The van der Waals surface area contributed by atoms with E-state index in [2.05, 4.69) is 11.8 Å². The molecule has 0 aliphatic heterocycles. The van der Waals surface area contributed by atoms with E-state index >= 15 is 0 Å². The van der Waals surface area contributed by atoms with Crippen LogP contribution in [0, 0.1) is 11.7 Å². The normalized spacial score (nSPS) is 15.5. The average molecular weight is 236 g/mol. The first-order valence-electron chi connectivity index (χ1n) is 6.46. The number of nitrogen functional groups attached to an aromatic ring is 1. The van der Waals surface area contributed by atoms with Crippen molar-refractivity contribution in [1.29, 1.82) is 0 Å². The van der Waals surface area contributed by atoms with Crippen LogP contribution in [0.2, 0.25) is 0 Å². The van der Waals surface area contributed by atoms with Crippen molar-refractivity contribution in [2.24, 2.45) is 5.92 Å². The molecule has 94 valence electrons. The van der Waals surface area contributed by atoms with Crippen LogP contribution in [0.4, 0.5) is 10.1 Å². The molecule has 0 radical (unpaired) electrons. The number of rotatable bonds is 6. The minimum atomic E-state index is -0.301. The van der Waals surface area contributed by atoms with Gasteiger partial charge in [0.05, 0.1) is 5.69 Å². The minimum Gasteiger partial charge on any atom is -0.396 e. The number of hydrogen-bond acceptors (Lipinski definition) is 2. The van der Waals surface area contributed by atoms with Crippen molar-refractivity contribution in [2.45, 2.75) is 32.7 Å². The highest BCUT2D eigenvalue weighted by Crippen LogP contribution is 2.30. The lowest BCUT2D eigenvalue weighted by molar-refractivity contribution is 0.255. The third-order valence-electron chi connectivity index (χ3n) is 3.29. The molecule has 1 aromatic carbocycles. The van der Waals surface area contributed by atoms with Crippen molar-refractivity contribution >= 4 is 5.69 Å². The number of halogens is 1. The highest BCUT2D eigenvalue weighted by atomic mass is 19.1. The summed E-state index contributed by atoms with van der Waals surface area (Å²) in [6, 6.07) is 5.08. The Balaban J connectivity index is 2.02. The van der Waals surface area contributed by atoms with Crippen LogP contribution in [-0.4, -0.2) is 18.0 Å². The monoisotopic (exact) mass is 236 g/mol. The van der Waals surface area contributed by atoms with Crippen LogP contribution in [0.1, 0.15) is 31.7 Å². The second-order valence-corrected chi connectivity index (χ2v) is 4.99. The molecule has 2 nitrogen and oxygen atoms in total. The Hall–Kier alpha value is -1.09. The van der Waals surface area contributed by atoms with E-state index < -0.39 is 0 Å². The van der Waals surface area contributed by atoms with Gasteiger partial charge in [-0.1, -0.05) is 19.1 Å². The molecule has 2 rings (SSSR count). The van der Waals surface area contributed by atoms with Crippen LogP contribution in [0.5, 0.6) is 0 Å². The van der Waals surface area contributed by atoms with Crippen LogP contribution in [0.3, 0.4) is 0 Å². The van der Waals surface area contributed by atoms with Gasteiger partial charge in [0.1, 0.15) is 5.82 Å². The molecule has 17 heavy (non-hydrogen) atoms. The van der Waals surface area contributed by atoms with Crippen molar-refractivity contribution in [3.8, 4) is 0 Å². The Morgan fingerprint density at radius 2 is 2.18 bits per heavy atom. The summed E-state index contributed by atoms with van der Waals surface area (Å²) in [6.45, 7) is 5.14. The lowest BCUT2D eigenvalue weighted by Crippen LogP contribution is -2.27. The Morgan fingerprint density at radius 1 is 1.41 bits per heavy atom. The summed E-state index contributed by atoms with van der Waals surface area (Å²) in [5.41, 5.74) is 7.00. The van der Waals surface area contributed by atoms with E-state index in [9.17, 15) is 4.39 Å². The number of para-hydroxylation sites is 1. The van der Waals surface area contributed by atoms with Crippen LogP contribution in [0.25, 0.3) is 0 Å². The molecule has 0 bridgehead atoms. The molecule has 0 saturated heterocycles. The molecule has 2 N–H and O–H groups in total. The number of benzene rings is 1. The zero-order valence-electron chi connectivity index (χ0n) is 10.5. The molecule has 0 atom stereocenters. The lowest BCUT2D eigenvalue weighted by Gasteiger charge is -2.22. The zero-order chi connectivity index (χ0) is 12.3. The summed E-state index contributed by atoms with van der Waals surface area (Å²) < 4.78 is 13.3. The molecular formula is C14H21FN2. The van der Waals surface area contributed by atoms with Gasteiger partial charge in [0.15, 0.2) is 0 Å². The number of nitrogens with zero attached hydrogens (tertiary/aromatic N) is 1. The van der Waals surface area contributed by atoms with E-state index in [-0.39, 0.29) is 5.82 Å². The van der Waals surface area contributed by atoms with Crippen LogP contribution in [0.15, 0.2) is 18.2 Å². The third-order valence-corrected chi connectivity index (χ3v) is 3.29. The molecule has 0 heterocycles. The van der Waals surface area contributed by atoms with Crippen LogP contribution >= 0.6 is 0 Å². The van der Waals surface area contributed by atoms with Crippen molar-refractivity contribution in [3.63, 3.8) is 0 Å². The molecule has 0 unspecified atom stereocenters. The number of anilines is 1. The van der Waals surface area contributed by atoms with Gasteiger partial charge < -0.3 is 5.73 Å². The first-order chi connectivity index (χ1) is 8.20. The third kappa shape index (κ3) is 3.43. The summed E-state index contributed by atoms with van der Waals surface area (Å²) in [5, 5.41) is 0. The quantitative estimate of drug-likeness (QED) is 0.769. The second-order valence-electron chi connectivity index (χ2n) is 4.99. The maximum atomic E-state index is 13.3. The van der Waals surface area contributed by atoms with Crippen molar-refractivity contribution in [2.75, 3.05) is 18.8 Å². The Kier molecular flexibility index (Phi) is 4.00. The van der Waals surface area contributed by atoms with E-state index in [4.69, 9.17) is 5.73 Å². The highest BCUT2D eigenvalue weighted by Gasteiger charge is 2.24. The first kappa shape index (κ1) is 12.4. The maximum absolute atomic E-state index is 13.3. The Morgan fingerprint density at radius 3 is 2.82 bits per heavy atom. The summed E-state index contributed by atoms with van der Waals surface area (Å²) in [7, 11) is 0. The smallest absolute Gasteiger partial charge is 0.146 e. The largest absolute Gasteiger partial charge is 0.396 e. The van der Waals surface area contributed by atoms with Crippen molar-refractivity contribution in [1.82, 2.24) is 4.90 Å². The Labute approximate surface area is 103 Å². The van der Waals surface area contributed by atoms with Gasteiger partial charge >= 0.3 is 0 Å². The number of nitrogens with two attached hydrogens (primary N) is 1. The fourth-order valence-electron chi connectivity index (χ4n) is 2.18. The summed E-state index contributed by atoms with van der Waals surface area (Å²) >= 11 is 0. The van der Waals surface area contributed by atoms with Crippen LogP contribution in [-0.2, 0) is 6.54 Å². The predicted molar refractivity (Wildman–Crippen MR) is 69.1 cm³/mol. The molecule has 3 heteroatoms. The van der Waals surface area contributed by atoms with Crippen molar-refractivity contribution in [3.05, 3.63) is 29.6 Å². The molecule has 0 aromatic heterocycles. The zero-order valence-corrected chi connectivity index (χ0v) is 10.5. The van der Waals surface area contributed by atoms with Gasteiger partial charge in [-0.05, 0) is 43.4 Å². The molecule has 1 saturated carbocycles. The van der Waals surface area contributed by atoms with Gasteiger partial charge in [-0.3, -0.25) is 4.90 Å². The molecular weight excluding hydrogens is 215 g/mol. The van der Waals surface area contributed by atoms with E-state index in [0.717, 1.165) is 37.5 Å². The van der Waals surface area contributed by atoms with Gasteiger partial charge in [0.2, 0.25) is 0 Å². The van der Waals surface area contributed by atoms with Crippen LogP contribution < -0.4 is 5.73 Å². The van der Waals surface area contributed by atoms with E-state index in [1.54, 1.807) is 6.07 Å². The molecule has 0 spiro atoms. The minimum absolute atomic E-state index is 0.301. The standard InChI is InChI=1S/C14H21FN2/c1-2-8-17(9-11-6-7-11)10-12-4-3-5-13(15)14(12)16/h3-5,11H,2,6-10,16H2,1H3. The molecule has 1 fully saturated rings. The average Bonchev–Trinajstić information content (AvgIpc) is 3.09. The maximum Gasteiger partial charge on any atom is 0.146 e. The molecule has 1 aliphatic carbocycles. The second kappa shape index (κ2) is 5.50. The molecule has 1 aromatic rings. The highest BCUT2D eigenvalue weighted by molar-refractivity contribution is 5.47. The van der Waals surface area contributed by atoms with Gasteiger partial charge in [0, 0.05) is 13.1 Å². The fraction of sp³-hybridized carbons (Fsp3) is 0.571. The van der Waals surface area contributed by atoms with E-state index in [1.165, 1.54) is 18.9 Å². The summed E-state index contributed by atoms with van der Waals surface area (Å²) in [5.74, 6) is 0.557. The van der Waals surface area contributed by atoms with Gasteiger partial charge in [0.25, 0.3) is 0 Å². The topological polar surface area (TPSA) is 29.3 Å². The Bertz CT molecular complexity index is 374. The molecule has 0 amide bonds. The first-order valence-corrected chi connectivity index (χ1v) is 6.46. The van der Waals surface area contributed by atoms with Gasteiger partial charge in [-0.15, -0.1) is 0 Å².